The fraction of sp³-hybridized carbons (Fsp3) is 0.0435. The Labute approximate surface area is 176 Å². The standard InChI is InChI=1S/C23H15FN2O5/c24-18-8-6-17(7-9-18)22-25-21(23(27)31-22)13-15-4-10-20(11-5-15)30-14-16-2-1-3-19(12-16)26(28)29/h1-13H,14H2/b21-13-. The third-order valence-corrected chi connectivity index (χ3v) is 4.42. The number of non-ortho nitro benzene ring substituents is 1. The molecule has 4 rings (SSSR count). The topological polar surface area (TPSA) is 91.0 Å². The van der Waals surface area contributed by atoms with Gasteiger partial charge < -0.3 is 9.47 Å². The minimum Gasteiger partial charge on any atom is -0.489 e. The van der Waals surface area contributed by atoms with Crippen LogP contribution in [0.5, 0.6) is 5.75 Å². The second-order valence-corrected chi connectivity index (χ2v) is 6.63. The van der Waals surface area contributed by atoms with Crippen molar-refractivity contribution >= 4 is 23.6 Å². The van der Waals surface area contributed by atoms with Crippen molar-refractivity contribution in [1.29, 1.82) is 0 Å². The quantitative estimate of drug-likeness (QED) is 0.251. The van der Waals surface area contributed by atoms with Crippen molar-refractivity contribution in [3.63, 3.8) is 0 Å². The molecule has 0 radical (unpaired) electrons. The van der Waals surface area contributed by atoms with Crippen LogP contribution in [0.25, 0.3) is 6.08 Å². The van der Waals surface area contributed by atoms with E-state index in [1.54, 1.807) is 42.5 Å². The van der Waals surface area contributed by atoms with E-state index in [4.69, 9.17) is 9.47 Å². The van der Waals surface area contributed by atoms with Crippen LogP contribution in [0, 0.1) is 15.9 Å². The van der Waals surface area contributed by atoms with Crippen LogP contribution in [0.15, 0.2) is 83.5 Å². The van der Waals surface area contributed by atoms with E-state index in [1.165, 1.54) is 36.4 Å². The van der Waals surface area contributed by atoms with Crippen LogP contribution < -0.4 is 4.74 Å². The number of cyclic esters (lactones) is 1. The summed E-state index contributed by atoms with van der Waals surface area (Å²) >= 11 is 0. The number of hydrogen-bond donors (Lipinski definition) is 0. The van der Waals surface area contributed by atoms with Gasteiger partial charge in [-0.05, 0) is 53.6 Å². The molecular formula is C23H15FN2O5. The number of rotatable bonds is 6. The molecule has 0 amide bonds. The smallest absolute Gasteiger partial charge is 0.363 e. The average Bonchev–Trinajstić information content (AvgIpc) is 3.14. The minimum atomic E-state index is -0.592. The van der Waals surface area contributed by atoms with E-state index in [1.807, 2.05) is 0 Å². The molecule has 3 aromatic carbocycles. The Morgan fingerprint density at radius 2 is 1.81 bits per heavy atom. The Balaban J connectivity index is 1.44. The summed E-state index contributed by atoms with van der Waals surface area (Å²) in [6, 6.07) is 18.6. The van der Waals surface area contributed by atoms with Crippen LogP contribution in [0.3, 0.4) is 0 Å². The van der Waals surface area contributed by atoms with Crippen molar-refractivity contribution in [2.24, 2.45) is 4.99 Å². The number of nitro benzene ring substituents is 1. The van der Waals surface area contributed by atoms with Gasteiger partial charge in [-0.1, -0.05) is 24.3 Å². The number of halogens is 1. The Morgan fingerprint density at radius 1 is 1.06 bits per heavy atom. The lowest BCUT2D eigenvalue weighted by molar-refractivity contribution is -0.384. The summed E-state index contributed by atoms with van der Waals surface area (Å²) in [5, 5.41) is 10.8. The number of hydrogen-bond acceptors (Lipinski definition) is 6. The molecular weight excluding hydrogens is 403 g/mol. The molecule has 0 aromatic heterocycles. The number of carbonyl (C=O) groups excluding carboxylic acids is 1. The van der Waals surface area contributed by atoms with Crippen LogP contribution >= 0.6 is 0 Å². The van der Waals surface area contributed by atoms with Crippen molar-refractivity contribution in [1.82, 2.24) is 0 Å². The number of aliphatic imine (C=N–C) groups is 1. The van der Waals surface area contributed by atoms with E-state index in [0.717, 1.165) is 0 Å². The van der Waals surface area contributed by atoms with Crippen molar-refractivity contribution in [3.05, 3.63) is 111 Å². The lowest BCUT2D eigenvalue weighted by Crippen LogP contribution is -2.05. The summed E-state index contributed by atoms with van der Waals surface area (Å²) in [5.74, 6) is -0.297. The largest absolute Gasteiger partial charge is 0.489 e. The van der Waals surface area contributed by atoms with Crippen LogP contribution in [0.4, 0.5) is 10.1 Å². The van der Waals surface area contributed by atoms with Gasteiger partial charge in [-0.2, -0.15) is 0 Å². The molecule has 0 saturated carbocycles. The van der Waals surface area contributed by atoms with Gasteiger partial charge in [0.2, 0.25) is 5.90 Å². The second kappa shape index (κ2) is 8.58. The molecule has 0 saturated heterocycles. The highest BCUT2D eigenvalue weighted by molar-refractivity contribution is 6.12. The number of ether oxygens (including phenoxy) is 2. The number of carbonyl (C=O) groups is 1. The van der Waals surface area contributed by atoms with E-state index in [2.05, 4.69) is 4.99 Å². The third-order valence-electron chi connectivity index (χ3n) is 4.42. The first kappa shape index (κ1) is 20.0. The van der Waals surface area contributed by atoms with Gasteiger partial charge in [-0.25, -0.2) is 14.2 Å². The molecule has 0 aliphatic carbocycles. The lowest BCUT2D eigenvalue weighted by Gasteiger charge is -2.06. The molecule has 1 heterocycles. The van der Waals surface area contributed by atoms with Gasteiger partial charge in [0, 0.05) is 17.7 Å². The first-order valence-electron chi connectivity index (χ1n) is 9.23. The number of benzene rings is 3. The van der Waals surface area contributed by atoms with Gasteiger partial charge in [0.1, 0.15) is 18.2 Å². The monoisotopic (exact) mass is 418 g/mol. The molecule has 31 heavy (non-hydrogen) atoms. The molecule has 0 unspecified atom stereocenters. The predicted octanol–water partition coefficient (Wildman–Crippen LogP) is 4.66. The molecule has 7 nitrogen and oxygen atoms in total. The van der Waals surface area contributed by atoms with E-state index in [0.29, 0.717) is 22.4 Å². The van der Waals surface area contributed by atoms with Gasteiger partial charge in [0.25, 0.3) is 5.69 Å². The molecule has 8 heteroatoms. The van der Waals surface area contributed by atoms with Crippen molar-refractivity contribution in [2.45, 2.75) is 6.61 Å². The Bertz CT molecular complexity index is 1200. The molecule has 154 valence electrons. The maximum atomic E-state index is 13.1. The van der Waals surface area contributed by atoms with Gasteiger partial charge in [0.05, 0.1) is 4.92 Å². The highest BCUT2D eigenvalue weighted by atomic mass is 19.1. The van der Waals surface area contributed by atoms with Gasteiger partial charge in [-0.3, -0.25) is 10.1 Å². The summed E-state index contributed by atoms with van der Waals surface area (Å²) in [6.07, 6.45) is 1.57. The molecule has 3 aromatic rings. The van der Waals surface area contributed by atoms with E-state index in [-0.39, 0.29) is 23.9 Å². The maximum Gasteiger partial charge on any atom is 0.363 e. The van der Waals surface area contributed by atoms with Gasteiger partial charge >= 0.3 is 5.97 Å². The highest BCUT2D eigenvalue weighted by Crippen LogP contribution is 2.22. The van der Waals surface area contributed by atoms with E-state index < -0.39 is 16.7 Å². The third kappa shape index (κ3) is 4.81. The number of esters is 1. The Kier molecular flexibility index (Phi) is 5.53. The zero-order valence-electron chi connectivity index (χ0n) is 16.0. The Hall–Kier alpha value is -4.33. The first-order chi connectivity index (χ1) is 15.0. The van der Waals surface area contributed by atoms with Crippen LogP contribution in [0.2, 0.25) is 0 Å². The summed E-state index contributed by atoms with van der Waals surface area (Å²) in [4.78, 5) is 26.7. The SMILES string of the molecule is O=C1OC(c2ccc(F)cc2)=N/C1=C\c1ccc(OCc2cccc([N+](=O)[O-])c2)cc1. The molecule has 0 N–H and O–H groups in total. The van der Waals surface area contributed by atoms with Crippen molar-refractivity contribution < 1.29 is 23.6 Å². The van der Waals surface area contributed by atoms with E-state index in [9.17, 15) is 19.3 Å². The highest BCUT2D eigenvalue weighted by Gasteiger charge is 2.24. The summed E-state index contributed by atoms with van der Waals surface area (Å²) in [7, 11) is 0. The Morgan fingerprint density at radius 3 is 2.52 bits per heavy atom. The van der Waals surface area contributed by atoms with Gasteiger partial charge in [0.15, 0.2) is 5.70 Å². The molecule has 1 aliphatic heterocycles. The number of nitro groups is 1. The van der Waals surface area contributed by atoms with Crippen LogP contribution in [-0.2, 0) is 16.1 Å². The van der Waals surface area contributed by atoms with E-state index >= 15 is 0 Å². The first-order valence-corrected chi connectivity index (χ1v) is 9.23. The van der Waals surface area contributed by atoms with Crippen molar-refractivity contribution in [3.8, 4) is 5.75 Å². The van der Waals surface area contributed by atoms with Crippen LogP contribution in [-0.4, -0.2) is 16.8 Å². The average molecular weight is 418 g/mol. The molecule has 0 bridgehead atoms. The summed E-state index contributed by atoms with van der Waals surface area (Å²) in [5.41, 5.74) is 2.02. The van der Waals surface area contributed by atoms with Crippen molar-refractivity contribution in [2.75, 3.05) is 0 Å². The summed E-state index contributed by atoms with van der Waals surface area (Å²) < 4.78 is 23.9. The number of nitrogens with zero attached hydrogens (tertiary/aromatic N) is 2. The maximum absolute atomic E-state index is 13.1. The fourth-order valence-electron chi connectivity index (χ4n) is 2.87. The second-order valence-electron chi connectivity index (χ2n) is 6.63. The molecule has 1 aliphatic rings. The molecule has 0 atom stereocenters. The normalized spacial score (nSPS) is 14.3. The fourth-order valence-corrected chi connectivity index (χ4v) is 2.87. The zero-order valence-corrected chi connectivity index (χ0v) is 16.0. The predicted molar refractivity (Wildman–Crippen MR) is 111 cm³/mol. The van der Waals surface area contributed by atoms with Gasteiger partial charge in [-0.15, -0.1) is 0 Å². The minimum absolute atomic E-state index is 0.00656. The van der Waals surface area contributed by atoms with Crippen LogP contribution in [0.1, 0.15) is 16.7 Å². The molecule has 0 spiro atoms. The summed E-state index contributed by atoms with van der Waals surface area (Å²) in [6.45, 7) is 0.180. The zero-order chi connectivity index (χ0) is 21.8. The molecule has 0 fully saturated rings. The lowest BCUT2D eigenvalue weighted by atomic mass is 10.2.